The molecule has 0 radical (unpaired) electrons. The number of amides is 1. The monoisotopic (exact) mass is 486 g/mol. The Kier molecular flexibility index (Phi) is 6.07. The van der Waals surface area contributed by atoms with Crippen molar-refractivity contribution in [2.45, 2.75) is 30.5 Å². The predicted molar refractivity (Wildman–Crippen MR) is 129 cm³/mol. The molecule has 1 atom stereocenters. The number of aromatic nitrogens is 1. The van der Waals surface area contributed by atoms with Crippen LogP contribution in [0.1, 0.15) is 24.1 Å². The van der Waals surface area contributed by atoms with Gasteiger partial charge in [0, 0.05) is 24.2 Å². The molecule has 0 bridgehead atoms. The summed E-state index contributed by atoms with van der Waals surface area (Å²) in [6.45, 7) is 0.419. The van der Waals surface area contributed by atoms with Crippen molar-refractivity contribution >= 4 is 26.9 Å². The van der Waals surface area contributed by atoms with Crippen molar-refractivity contribution in [3.63, 3.8) is 0 Å². The number of furan rings is 1. The van der Waals surface area contributed by atoms with Crippen LogP contribution < -0.4 is 5.32 Å². The van der Waals surface area contributed by atoms with Crippen molar-refractivity contribution < 1.29 is 17.6 Å². The Morgan fingerprint density at radius 2 is 1.91 bits per heavy atom. The summed E-state index contributed by atoms with van der Waals surface area (Å²) in [6.07, 6.45) is 2.68. The van der Waals surface area contributed by atoms with Gasteiger partial charge >= 0.3 is 0 Å². The molecule has 35 heavy (non-hydrogen) atoms. The predicted octanol–water partition coefficient (Wildman–Crippen LogP) is 3.84. The molecule has 176 valence electrons. The fraction of sp³-hybridized carbons (Fsp3) is 0.192. The average molecular weight is 487 g/mol. The zero-order valence-electron chi connectivity index (χ0n) is 18.7. The van der Waals surface area contributed by atoms with Crippen molar-refractivity contribution in [1.29, 1.82) is 5.26 Å². The van der Waals surface area contributed by atoms with Crippen LogP contribution in [-0.2, 0) is 21.4 Å². The number of nitrogens with zero attached hydrogens (tertiary/aromatic N) is 3. The largest absolute Gasteiger partial charge is 0.443 e. The minimum Gasteiger partial charge on any atom is -0.443 e. The maximum absolute atomic E-state index is 13.3. The smallest absolute Gasteiger partial charge is 0.277 e. The molecule has 0 saturated carbocycles. The van der Waals surface area contributed by atoms with E-state index in [4.69, 9.17) is 9.68 Å². The summed E-state index contributed by atoms with van der Waals surface area (Å²) in [7, 11) is -3.96. The van der Waals surface area contributed by atoms with Gasteiger partial charge in [-0.3, -0.25) is 9.78 Å². The van der Waals surface area contributed by atoms with Crippen LogP contribution in [0.25, 0.3) is 22.1 Å². The molecule has 1 fully saturated rings. The van der Waals surface area contributed by atoms with Crippen LogP contribution in [0.4, 0.5) is 0 Å². The molecule has 1 saturated heterocycles. The summed E-state index contributed by atoms with van der Waals surface area (Å²) in [4.78, 5) is 17.3. The van der Waals surface area contributed by atoms with E-state index in [0.717, 1.165) is 11.1 Å². The van der Waals surface area contributed by atoms with E-state index < -0.39 is 16.1 Å². The molecule has 2 aromatic heterocycles. The number of rotatable bonds is 6. The molecule has 1 N–H and O–H groups in total. The van der Waals surface area contributed by atoms with Crippen LogP contribution in [0.15, 0.2) is 82.4 Å². The fourth-order valence-electron chi connectivity index (χ4n) is 4.28. The second-order valence-electron chi connectivity index (χ2n) is 8.32. The number of fused-ring (bicyclic) bond motifs is 1. The number of benzene rings is 2. The van der Waals surface area contributed by atoms with Gasteiger partial charge in [0.05, 0.1) is 23.9 Å². The van der Waals surface area contributed by atoms with Gasteiger partial charge in [-0.1, -0.05) is 30.3 Å². The van der Waals surface area contributed by atoms with E-state index in [1.165, 1.54) is 10.4 Å². The highest BCUT2D eigenvalue weighted by atomic mass is 32.2. The molecular formula is C26H22N4O4S. The van der Waals surface area contributed by atoms with Gasteiger partial charge in [-0.25, -0.2) is 8.42 Å². The summed E-state index contributed by atoms with van der Waals surface area (Å²) in [5.74, 6) is -0.368. The highest BCUT2D eigenvalue weighted by Gasteiger charge is 2.41. The van der Waals surface area contributed by atoms with Crippen LogP contribution in [0.5, 0.6) is 0 Å². The molecule has 9 heteroatoms. The summed E-state index contributed by atoms with van der Waals surface area (Å²) in [5, 5.41) is 12.3. The zero-order valence-corrected chi connectivity index (χ0v) is 19.5. The van der Waals surface area contributed by atoms with Crippen LogP contribution in [0.2, 0.25) is 0 Å². The first-order chi connectivity index (χ1) is 17.0. The van der Waals surface area contributed by atoms with Gasteiger partial charge in [-0.2, -0.15) is 9.57 Å². The summed E-state index contributed by atoms with van der Waals surface area (Å²) >= 11 is 0. The third kappa shape index (κ3) is 4.54. The van der Waals surface area contributed by atoms with Crippen molar-refractivity contribution in [1.82, 2.24) is 14.6 Å². The Hall–Kier alpha value is -4.00. The van der Waals surface area contributed by atoms with Gasteiger partial charge in [0.15, 0.2) is 0 Å². The number of carbonyl (C=O) groups excluding carboxylic acids is 1. The minimum atomic E-state index is -3.96. The number of para-hydroxylation sites is 1. The van der Waals surface area contributed by atoms with Gasteiger partial charge in [-0.05, 0) is 54.3 Å². The Balaban J connectivity index is 1.29. The average Bonchev–Trinajstić information content (AvgIpc) is 3.56. The molecule has 3 heterocycles. The Morgan fingerprint density at radius 3 is 2.69 bits per heavy atom. The van der Waals surface area contributed by atoms with E-state index in [-0.39, 0.29) is 24.1 Å². The lowest BCUT2D eigenvalue weighted by atomic mass is 10.0. The van der Waals surface area contributed by atoms with E-state index in [9.17, 15) is 13.2 Å². The van der Waals surface area contributed by atoms with Crippen LogP contribution >= 0.6 is 0 Å². The number of nitrogens with one attached hydrogen (secondary N) is 1. The lowest BCUT2D eigenvalue weighted by molar-refractivity contribution is -0.124. The van der Waals surface area contributed by atoms with Gasteiger partial charge in [0.25, 0.3) is 10.0 Å². The summed E-state index contributed by atoms with van der Waals surface area (Å²) < 4.78 is 33.3. The number of sulfonamides is 1. The van der Waals surface area contributed by atoms with E-state index in [1.807, 2.05) is 30.3 Å². The molecule has 1 amide bonds. The second kappa shape index (κ2) is 9.33. The molecule has 1 aliphatic rings. The number of carbonyl (C=O) groups is 1. The summed E-state index contributed by atoms with van der Waals surface area (Å²) in [5.41, 5.74) is 3.54. The quantitative estimate of drug-likeness (QED) is 0.443. The lowest BCUT2D eigenvalue weighted by Gasteiger charge is -2.22. The Labute approximate surface area is 202 Å². The molecule has 4 aromatic rings. The normalized spacial score (nSPS) is 16.3. The van der Waals surface area contributed by atoms with Crippen molar-refractivity contribution in [3.05, 3.63) is 84.2 Å². The second-order valence-corrected chi connectivity index (χ2v) is 10.1. The molecule has 2 aromatic carbocycles. The van der Waals surface area contributed by atoms with E-state index in [1.54, 1.807) is 36.5 Å². The fourth-order valence-corrected chi connectivity index (χ4v) is 5.88. The third-order valence-electron chi connectivity index (χ3n) is 6.08. The van der Waals surface area contributed by atoms with Gasteiger partial charge in [0.1, 0.15) is 11.6 Å². The van der Waals surface area contributed by atoms with Crippen molar-refractivity contribution in [2.24, 2.45) is 0 Å². The number of hydrogen-bond donors (Lipinski definition) is 1. The van der Waals surface area contributed by atoms with E-state index in [0.29, 0.717) is 35.1 Å². The lowest BCUT2D eigenvalue weighted by Crippen LogP contribution is -2.45. The first-order valence-electron chi connectivity index (χ1n) is 11.2. The van der Waals surface area contributed by atoms with Gasteiger partial charge in [-0.15, -0.1) is 0 Å². The van der Waals surface area contributed by atoms with Crippen LogP contribution in [0.3, 0.4) is 0 Å². The number of hydrogen-bond acceptors (Lipinski definition) is 6. The Morgan fingerprint density at radius 1 is 1.11 bits per heavy atom. The molecule has 0 unspecified atom stereocenters. The Bertz CT molecular complexity index is 1500. The van der Waals surface area contributed by atoms with Crippen molar-refractivity contribution in [3.8, 4) is 17.2 Å². The first-order valence-corrected chi connectivity index (χ1v) is 12.6. The molecular weight excluding hydrogens is 464 g/mol. The van der Waals surface area contributed by atoms with Crippen molar-refractivity contribution in [2.75, 3.05) is 6.54 Å². The van der Waals surface area contributed by atoms with E-state index >= 15 is 0 Å². The molecule has 0 aliphatic carbocycles. The van der Waals surface area contributed by atoms with Crippen LogP contribution in [-0.4, -0.2) is 36.2 Å². The SMILES string of the molecule is N#Cc1ccc(-c2ccnc(CNC(=O)[C@@H]3CCCN3S(=O)(=O)c3cc4ccccc4o3)c2)cc1. The molecule has 1 aliphatic heterocycles. The zero-order chi connectivity index (χ0) is 24.4. The molecule has 5 rings (SSSR count). The highest BCUT2D eigenvalue weighted by molar-refractivity contribution is 7.89. The summed E-state index contributed by atoms with van der Waals surface area (Å²) in [6, 6.07) is 20.8. The van der Waals surface area contributed by atoms with Gasteiger partial charge < -0.3 is 9.73 Å². The molecule has 0 spiro atoms. The first kappa shape index (κ1) is 22.8. The standard InChI is InChI=1S/C26H22N4O4S/c27-16-18-7-9-19(10-8-18)20-11-12-28-22(14-20)17-29-26(31)23-5-3-13-30(23)35(32,33)25-15-21-4-1-2-6-24(21)34-25/h1-2,4,6-12,14-15,23H,3,5,13,17H2,(H,29,31)/t23-/m0/s1. The maximum Gasteiger partial charge on any atom is 0.277 e. The molecule has 8 nitrogen and oxygen atoms in total. The highest BCUT2D eigenvalue weighted by Crippen LogP contribution is 2.30. The maximum atomic E-state index is 13.3. The van der Waals surface area contributed by atoms with Crippen LogP contribution in [0, 0.1) is 11.3 Å². The topological polar surface area (TPSA) is 116 Å². The third-order valence-corrected chi connectivity index (χ3v) is 7.84. The van der Waals surface area contributed by atoms with E-state index in [2.05, 4.69) is 16.4 Å². The number of nitriles is 1. The number of pyridine rings is 1. The minimum absolute atomic E-state index is 0.157. The van der Waals surface area contributed by atoms with Gasteiger partial charge in [0.2, 0.25) is 11.0 Å².